The van der Waals surface area contributed by atoms with Crippen LogP contribution < -0.4 is 10.1 Å². The fraction of sp³-hybridized carbons (Fsp3) is 0.379. The normalized spacial score (nSPS) is 14.4. The van der Waals surface area contributed by atoms with Crippen LogP contribution in [0.5, 0.6) is 5.75 Å². The summed E-state index contributed by atoms with van der Waals surface area (Å²) in [6.45, 7) is 7.71. The third-order valence-electron chi connectivity index (χ3n) is 7.59. The number of ether oxygens (including phenoxy) is 2. The van der Waals surface area contributed by atoms with Gasteiger partial charge in [0, 0.05) is 37.5 Å². The number of aromatic nitrogens is 5. The Morgan fingerprint density at radius 1 is 1.18 bits per heavy atom. The van der Waals surface area contributed by atoms with Crippen molar-refractivity contribution in [3.63, 3.8) is 0 Å². The van der Waals surface area contributed by atoms with Crippen molar-refractivity contribution in [3.8, 4) is 11.4 Å². The molecule has 0 bridgehead atoms. The molecular weight excluding hydrogens is 513 g/mol. The van der Waals surface area contributed by atoms with Gasteiger partial charge in [-0.2, -0.15) is 5.10 Å². The molecule has 0 saturated heterocycles. The monoisotopic (exact) mass is 547 g/mol. The lowest BCUT2D eigenvalue weighted by Gasteiger charge is -2.28. The Bertz CT molecular complexity index is 1560. The number of aryl methyl sites for hydroxylation is 1. The number of nitrogens with one attached hydrogen (secondary N) is 1. The second-order valence-corrected chi connectivity index (χ2v) is 10.6. The van der Waals surface area contributed by atoms with Crippen LogP contribution in [0.15, 0.2) is 42.7 Å². The molecule has 2 aromatic carbocycles. The number of amides is 1. The number of methoxy groups -OCH3 is 2. The molecule has 0 atom stereocenters. The highest BCUT2D eigenvalue weighted by molar-refractivity contribution is 5.95. The van der Waals surface area contributed by atoms with Crippen molar-refractivity contribution in [1.82, 2.24) is 35.0 Å². The number of carbonyl (C=O) groups is 1. The van der Waals surface area contributed by atoms with E-state index in [0.29, 0.717) is 29.2 Å². The van der Waals surface area contributed by atoms with Gasteiger partial charge in [0.05, 0.1) is 43.4 Å². The van der Waals surface area contributed by atoms with Gasteiger partial charge >= 0.3 is 0 Å². The van der Waals surface area contributed by atoms with Crippen molar-refractivity contribution in [2.45, 2.75) is 52.6 Å². The van der Waals surface area contributed by atoms with Gasteiger partial charge in [-0.05, 0) is 56.6 Å². The molecule has 1 amide bonds. The van der Waals surface area contributed by atoms with Crippen LogP contribution >= 0.6 is 0 Å². The van der Waals surface area contributed by atoms with Gasteiger partial charge in [0.25, 0.3) is 5.91 Å². The molecule has 5 rings (SSSR count). The zero-order valence-corrected chi connectivity index (χ0v) is 23.7. The van der Waals surface area contributed by atoms with Crippen LogP contribution in [0, 0.1) is 12.7 Å². The summed E-state index contributed by atoms with van der Waals surface area (Å²) in [5.41, 5.74) is 5.88. The van der Waals surface area contributed by atoms with Gasteiger partial charge in [-0.1, -0.05) is 23.4 Å². The summed E-state index contributed by atoms with van der Waals surface area (Å²) in [5, 5.41) is 15.5. The summed E-state index contributed by atoms with van der Waals surface area (Å²) < 4.78 is 29.0. The van der Waals surface area contributed by atoms with Gasteiger partial charge in [0.1, 0.15) is 5.69 Å². The summed E-state index contributed by atoms with van der Waals surface area (Å²) in [6, 6.07) is 9.69. The molecule has 3 heterocycles. The molecule has 1 aliphatic rings. The molecule has 4 aromatic rings. The second kappa shape index (κ2) is 10.8. The molecular formula is C29H34FN7O3. The summed E-state index contributed by atoms with van der Waals surface area (Å²) >= 11 is 0. The van der Waals surface area contributed by atoms with Gasteiger partial charge in [-0.3, -0.25) is 14.4 Å². The minimum atomic E-state index is -0.577. The average Bonchev–Trinajstić information content (AvgIpc) is 3.59. The van der Waals surface area contributed by atoms with E-state index >= 15 is 4.39 Å². The highest BCUT2D eigenvalue weighted by Crippen LogP contribution is 2.38. The SMILES string of the molecule is COCc1nn(Cc2ccc3c(c2)C(C)(C)N(C)C3)cc1C(=O)NCc1c(-n2cc(C)nn2)ccc(OC)c1F. The lowest BCUT2D eigenvalue weighted by molar-refractivity contribution is 0.0945. The first-order valence-electron chi connectivity index (χ1n) is 13.0. The van der Waals surface area contributed by atoms with E-state index in [2.05, 4.69) is 64.7 Å². The Morgan fingerprint density at radius 3 is 2.67 bits per heavy atom. The number of rotatable bonds is 9. The van der Waals surface area contributed by atoms with Gasteiger partial charge < -0.3 is 14.8 Å². The first-order chi connectivity index (χ1) is 19.1. The van der Waals surface area contributed by atoms with Gasteiger partial charge in [-0.25, -0.2) is 9.07 Å². The van der Waals surface area contributed by atoms with E-state index in [1.807, 2.05) is 0 Å². The molecule has 0 spiro atoms. The number of benzene rings is 2. The zero-order chi connectivity index (χ0) is 28.6. The average molecular weight is 548 g/mol. The Morgan fingerprint density at radius 2 is 1.98 bits per heavy atom. The van der Waals surface area contributed by atoms with Gasteiger partial charge in [0.15, 0.2) is 11.6 Å². The smallest absolute Gasteiger partial charge is 0.255 e. The van der Waals surface area contributed by atoms with E-state index in [0.717, 1.165) is 12.1 Å². The number of hydrogen-bond donors (Lipinski definition) is 1. The van der Waals surface area contributed by atoms with Crippen molar-refractivity contribution < 1.29 is 18.7 Å². The van der Waals surface area contributed by atoms with Crippen LogP contribution in [0.3, 0.4) is 0 Å². The maximum Gasteiger partial charge on any atom is 0.255 e. The van der Waals surface area contributed by atoms with Crippen LogP contribution in [-0.2, 0) is 36.5 Å². The van der Waals surface area contributed by atoms with E-state index < -0.39 is 11.7 Å². The molecule has 1 N–H and O–H groups in total. The topological polar surface area (TPSA) is 99.3 Å². The minimum Gasteiger partial charge on any atom is -0.494 e. The highest BCUT2D eigenvalue weighted by atomic mass is 19.1. The van der Waals surface area contributed by atoms with E-state index in [1.165, 1.54) is 29.0 Å². The Hall–Kier alpha value is -4.09. The molecule has 11 heteroatoms. The zero-order valence-electron chi connectivity index (χ0n) is 23.7. The summed E-state index contributed by atoms with van der Waals surface area (Å²) in [7, 11) is 5.08. The molecule has 0 unspecified atom stereocenters. The molecule has 0 aliphatic carbocycles. The molecule has 40 heavy (non-hydrogen) atoms. The van der Waals surface area contributed by atoms with E-state index in [-0.39, 0.29) is 30.0 Å². The van der Waals surface area contributed by atoms with Crippen molar-refractivity contribution in [3.05, 3.63) is 87.7 Å². The first-order valence-corrected chi connectivity index (χ1v) is 13.0. The Kier molecular flexibility index (Phi) is 7.43. The first kappa shape index (κ1) is 27.5. The third kappa shape index (κ3) is 5.09. The number of nitrogens with zero attached hydrogens (tertiary/aromatic N) is 6. The Labute approximate surface area is 232 Å². The standard InChI is InChI=1S/C29H34FN7O3/c1-18-13-37(34-32-18)25-9-10-26(40-6)27(30)21(25)12-31-28(38)22-16-36(33-24(22)17-39-5)14-19-7-8-20-15-35(4)29(2,3)23(20)11-19/h7-11,13,16H,12,14-15,17H2,1-6H3,(H,31,38). The number of fused-ring (bicyclic) bond motifs is 1. The fourth-order valence-corrected chi connectivity index (χ4v) is 5.11. The van der Waals surface area contributed by atoms with Crippen LogP contribution in [0.2, 0.25) is 0 Å². The van der Waals surface area contributed by atoms with Crippen molar-refractivity contribution in [1.29, 1.82) is 0 Å². The Balaban J connectivity index is 1.38. The largest absolute Gasteiger partial charge is 0.494 e. The molecule has 0 radical (unpaired) electrons. The fourth-order valence-electron chi connectivity index (χ4n) is 5.11. The highest BCUT2D eigenvalue weighted by Gasteiger charge is 2.34. The van der Waals surface area contributed by atoms with E-state index in [4.69, 9.17) is 9.47 Å². The summed E-state index contributed by atoms with van der Waals surface area (Å²) in [6.07, 6.45) is 3.39. The van der Waals surface area contributed by atoms with Crippen molar-refractivity contribution >= 4 is 5.91 Å². The molecule has 0 fully saturated rings. The molecule has 0 saturated carbocycles. The van der Waals surface area contributed by atoms with Crippen LogP contribution in [0.1, 0.15) is 57.8 Å². The molecule has 10 nitrogen and oxygen atoms in total. The lowest BCUT2D eigenvalue weighted by atomic mass is 9.92. The maximum atomic E-state index is 15.3. The molecule has 1 aliphatic heterocycles. The maximum absolute atomic E-state index is 15.3. The molecule has 210 valence electrons. The predicted octanol–water partition coefficient (Wildman–Crippen LogP) is 3.73. The quantitative estimate of drug-likeness (QED) is 0.341. The minimum absolute atomic E-state index is 0.0547. The van der Waals surface area contributed by atoms with Crippen LogP contribution in [0.4, 0.5) is 4.39 Å². The number of halogens is 1. The van der Waals surface area contributed by atoms with Crippen LogP contribution in [-0.4, -0.2) is 56.8 Å². The summed E-state index contributed by atoms with van der Waals surface area (Å²) in [4.78, 5) is 15.7. The number of hydrogen-bond acceptors (Lipinski definition) is 7. The lowest BCUT2D eigenvalue weighted by Crippen LogP contribution is -2.31. The van der Waals surface area contributed by atoms with Crippen molar-refractivity contribution in [2.75, 3.05) is 21.3 Å². The van der Waals surface area contributed by atoms with E-state index in [9.17, 15) is 4.79 Å². The third-order valence-corrected chi connectivity index (χ3v) is 7.59. The predicted molar refractivity (Wildman–Crippen MR) is 147 cm³/mol. The number of carbonyl (C=O) groups excluding carboxylic acids is 1. The molecule has 2 aromatic heterocycles. The van der Waals surface area contributed by atoms with Gasteiger partial charge in [0.2, 0.25) is 0 Å². The summed E-state index contributed by atoms with van der Waals surface area (Å²) in [5.74, 6) is -0.897. The van der Waals surface area contributed by atoms with Gasteiger partial charge in [-0.15, -0.1) is 5.10 Å². The van der Waals surface area contributed by atoms with Crippen molar-refractivity contribution in [2.24, 2.45) is 0 Å². The van der Waals surface area contributed by atoms with E-state index in [1.54, 1.807) is 37.2 Å². The van der Waals surface area contributed by atoms with Crippen LogP contribution in [0.25, 0.3) is 5.69 Å². The second-order valence-electron chi connectivity index (χ2n) is 10.6.